The Bertz CT molecular complexity index is 6550. The van der Waals surface area contributed by atoms with E-state index in [1.807, 2.05) is 61.0 Å². The number of rotatable bonds is 14. The van der Waals surface area contributed by atoms with Crippen molar-refractivity contribution in [1.29, 1.82) is 0 Å². The highest BCUT2D eigenvalue weighted by atomic mass is 127. The Morgan fingerprint density at radius 1 is 0.459 bits per heavy atom. The number of fused-ring (bicyclic) bond motifs is 9. The van der Waals surface area contributed by atoms with E-state index in [2.05, 4.69) is 161 Å². The largest absolute Gasteiger partial charge is 0.396 e. The summed E-state index contributed by atoms with van der Waals surface area (Å²) in [5, 5.41) is 45.0. The quantitative estimate of drug-likeness (QED) is 0.0542. The van der Waals surface area contributed by atoms with Gasteiger partial charge in [0.2, 0.25) is 5.91 Å². The highest BCUT2D eigenvalue weighted by Crippen LogP contribution is 2.37. The molecular weight excluding hydrogens is 1960 g/mol. The van der Waals surface area contributed by atoms with E-state index in [4.69, 9.17) is 96.2 Å². The molecule has 23 rings (SSSR count). The van der Waals surface area contributed by atoms with Crippen molar-refractivity contribution in [2.24, 2.45) is 34.4 Å². The normalized spacial score (nSPS) is 20.3. The Morgan fingerprint density at radius 3 is 1.23 bits per heavy atom. The number of aliphatic hydroxyl groups excluding tert-OH is 1. The number of amides is 1. The maximum absolute atomic E-state index is 11.2. The van der Waals surface area contributed by atoms with E-state index in [9.17, 15) is 4.79 Å². The van der Waals surface area contributed by atoms with Gasteiger partial charge in [0.05, 0.1) is 72.7 Å². The maximum atomic E-state index is 11.2. The number of nitrogens with two attached hydrogens (primary N) is 13. The van der Waals surface area contributed by atoms with Crippen LogP contribution in [-0.2, 0) is 4.79 Å². The number of halogens is 3. The predicted octanol–water partition coefficient (Wildman–Crippen LogP) is 3.89. The molecule has 0 radical (unpaired) electrons. The van der Waals surface area contributed by atoms with Gasteiger partial charge < -0.3 is 125 Å². The number of carbonyl (C=O) groups is 1. The molecule has 8 aliphatic heterocycles. The summed E-state index contributed by atoms with van der Waals surface area (Å²) >= 11 is 16.5. The van der Waals surface area contributed by atoms with Crippen molar-refractivity contribution in [3.05, 3.63) is 129 Å². The van der Waals surface area contributed by atoms with Crippen molar-refractivity contribution in [1.82, 2.24) is 108 Å². The summed E-state index contributed by atoms with van der Waals surface area (Å²) in [7, 11) is 0. The van der Waals surface area contributed by atoms with Crippen LogP contribution in [0.4, 0.5) is 87.1 Å². The molecule has 1 amide bonds. The molecule has 51 heteroatoms. The van der Waals surface area contributed by atoms with Gasteiger partial charge in [0.25, 0.3) is 0 Å². The smallest absolute Gasteiger partial charge is 0.221 e. The van der Waals surface area contributed by atoms with E-state index in [1.165, 1.54) is 34.1 Å². The molecule has 8 atom stereocenters. The average Bonchev–Trinajstić information content (AvgIpc) is 1.59. The molecule has 133 heavy (non-hydrogen) atoms. The molecule has 0 unspecified atom stereocenters. The second-order valence-electron chi connectivity index (χ2n) is 33.5. The van der Waals surface area contributed by atoms with Crippen LogP contribution in [0.25, 0.3) is 39.5 Å². The second-order valence-corrected chi connectivity index (χ2v) is 39.0. The van der Waals surface area contributed by atoms with E-state index in [0.29, 0.717) is 80.6 Å². The van der Waals surface area contributed by atoms with Gasteiger partial charge in [-0.3, -0.25) is 4.79 Å². The number of thioether (sulfide) groups is 2. The van der Waals surface area contributed by atoms with Crippen LogP contribution in [-0.4, -0.2) is 272 Å². The van der Waals surface area contributed by atoms with Gasteiger partial charge in [-0.1, -0.05) is 41.6 Å². The van der Waals surface area contributed by atoms with Crippen LogP contribution in [0.15, 0.2) is 140 Å². The van der Waals surface area contributed by atoms with Crippen molar-refractivity contribution < 1.29 is 9.90 Å². The molecular formula is C82H108BrClIN43O2S3. The monoisotopic (exact) mass is 2060 g/mol. The summed E-state index contributed by atoms with van der Waals surface area (Å²) in [6.07, 6.45) is 21.0. The number of hydrogen-bond acceptors (Lipinski definition) is 40. The van der Waals surface area contributed by atoms with Gasteiger partial charge in [0, 0.05) is 200 Å². The second kappa shape index (κ2) is 40.7. The van der Waals surface area contributed by atoms with Crippen molar-refractivity contribution in [3.63, 3.8) is 0 Å². The lowest BCUT2D eigenvalue weighted by molar-refractivity contribution is -0.114. The zero-order valence-electron chi connectivity index (χ0n) is 73.1. The van der Waals surface area contributed by atoms with Crippen LogP contribution >= 0.6 is 85.4 Å². The first-order valence-electron chi connectivity index (χ1n) is 43.4. The van der Waals surface area contributed by atoms with Gasteiger partial charge in [0.15, 0.2) is 39.5 Å². The lowest BCUT2D eigenvalue weighted by Gasteiger charge is -2.28. The van der Waals surface area contributed by atoms with Crippen molar-refractivity contribution in [2.75, 3.05) is 190 Å². The van der Waals surface area contributed by atoms with Crippen LogP contribution in [0.5, 0.6) is 0 Å². The molecule has 45 nitrogen and oxygen atoms in total. The Kier molecular flexibility index (Phi) is 28.6. The van der Waals surface area contributed by atoms with Gasteiger partial charge >= 0.3 is 0 Å². The minimum atomic E-state index is -0.172. The lowest BCUT2D eigenvalue weighted by Crippen LogP contribution is -2.44. The molecule has 22 heterocycles. The number of nitrogens with one attached hydrogen (secondary N) is 2. The third-order valence-electron chi connectivity index (χ3n) is 23.7. The number of benzene rings is 1. The first-order valence-corrected chi connectivity index (χ1v) is 48.7. The zero-order chi connectivity index (χ0) is 93.2. The fraction of sp³-hybridized carbons (Fsp3) is 0.402. The van der Waals surface area contributed by atoms with Gasteiger partial charge in [-0.25, -0.2) is 34.9 Å². The summed E-state index contributed by atoms with van der Waals surface area (Å²) in [6, 6.07) is 25.5. The van der Waals surface area contributed by atoms with Gasteiger partial charge in [-0.05, 0) is 102 Å². The third kappa shape index (κ3) is 20.9. The molecule has 0 spiro atoms. The standard InChI is InChI=1S/C16H18N6S.C12H17N7O.C12H18N6OS.C11H13BrN6.C11H16N6S.C10H13ClN6.C10H13IN6/c17-11-6-7-21(10-11)15-8-14(18)22-16(20-15)13(9-19-22)23-12-4-2-1-3-5-12;1-7(20)16-9-5-15-19-10(14)4-11(17-12(9)19)18-3-2-8(13)6-18;13-8-1-2-17(7-8)11-5-10(14)18-12(16-11)9(6-15-18)20-4-3-19;12-8-4-15-18-9(13)2-10(16-11(8)18)17-5-6-1-7(17)3-14-6;1-18-8-5-14-17-9(13)4-10(15-11(8)17)16-3-2-7(12)6-16;2*11-7-4-14-17-8(13)3-9(15-10(7)17)16-2-1-6(12)5-16/h1-5,8-9,11H,6-7,10,17-18H2;4-5,8H,2-3,6,13-14H2,1H3,(H,16,20);5-6,8,19H,1-4,7,13-14H2;2,4,6-7,14H,1,3,5,13H2;4-5,7H,2-3,6,12-13H2,1H3;2*3-4,6H,1-2,5,12-13H2/t11-;2*8-;6-,7-;7-;2*6-/m0000000/s1. The first kappa shape index (κ1) is 93.3. The molecule has 0 aliphatic carbocycles. The zero-order valence-corrected chi connectivity index (χ0v) is 80.0. The summed E-state index contributed by atoms with van der Waals surface area (Å²) in [5.74, 6) is 10.4. The highest BCUT2D eigenvalue weighted by Gasteiger charge is 2.39. The number of piperazine rings is 1. The Hall–Kier alpha value is -11.5. The number of nitrogens with zero attached hydrogens (tertiary/aromatic N) is 28. The number of nitrogen functional groups attached to an aromatic ring is 7. The summed E-state index contributed by atoms with van der Waals surface area (Å²) in [6.45, 7) is 13.9. The number of aliphatic hydroxyl groups is 1. The number of aromatic nitrogens is 21. The van der Waals surface area contributed by atoms with Crippen LogP contribution in [0.1, 0.15) is 51.9 Å². The van der Waals surface area contributed by atoms with Gasteiger partial charge in [0.1, 0.15) is 92.2 Å². The molecule has 29 N–H and O–H groups in total. The molecule has 15 aromatic rings. The van der Waals surface area contributed by atoms with Crippen molar-refractivity contribution >= 4 is 218 Å². The van der Waals surface area contributed by atoms with Gasteiger partial charge in [-0.2, -0.15) is 67.3 Å². The Labute approximate surface area is 803 Å². The third-order valence-corrected chi connectivity index (χ3v) is 28.0. The van der Waals surface area contributed by atoms with Crippen LogP contribution < -0.4 is 119 Å². The van der Waals surface area contributed by atoms with Crippen molar-refractivity contribution in [3.8, 4) is 0 Å². The molecule has 8 aliphatic rings. The summed E-state index contributed by atoms with van der Waals surface area (Å²) in [4.78, 5) is 62.9. The first-order chi connectivity index (χ1) is 64.1. The van der Waals surface area contributed by atoms with E-state index in [1.54, 1.807) is 95.4 Å². The number of carbonyl (C=O) groups excluding carboxylic acids is 1. The molecule has 2 bridgehead atoms. The average molecular weight is 2070 g/mol. The molecule has 1 aromatic carbocycles. The van der Waals surface area contributed by atoms with Crippen LogP contribution in [0.2, 0.25) is 5.02 Å². The maximum Gasteiger partial charge on any atom is 0.221 e. The van der Waals surface area contributed by atoms with Crippen LogP contribution in [0, 0.1) is 3.57 Å². The highest BCUT2D eigenvalue weighted by molar-refractivity contribution is 14.1. The van der Waals surface area contributed by atoms with E-state index in [-0.39, 0.29) is 48.8 Å². The number of hydrogen-bond donors (Lipinski definition) is 16. The molecule has 8 saturated heterocycles. The van der Waals surface area contributed by atoms with Crippen LogP contribution in [0.3, 0.4) is 0 Å². The fourth-order valence-corrected chi connectivity index (χ4v) is 20.0. The lowest BCUT2D eigenvalue weighted by atomic mass is 10.2. The predicted molar refractivity (Wildman–Crippen MR) is 538 cm³/mol. The Morgan fingerprint density at radius 2 is 0.812 bits per heavy atom. The van der Waals surface area contributed by atoms with Crippen molar-refractivity contribution in [2.45, 2.75) is 120 Å². The molecule has 702 valence electrons. The fourth-order valence-electron chi connectivity index (χ4n) is 17.0. The SMILES string of the molecule is CC(=O)Nc1cnn2c(N)cc(N3CC[C@H](N)C3)nc12.CSc1cnn2c(N)cc(N3CC[C@H](N)C3)nc12.Nc1cc(N2CC[C@H](N)C2)nc2c(Cl)cnn12.Nc1cc(N2CC[C@H](N)C2)nc2c(I)cnn12.Nc1cc(N2CC[C@H](N)C2)nc2c(SCCO)cnn12.Nc1cc(N2CC[C@H](N)C2)nc2c(Sc3ccccc3)cnn12.Nc1cc(N2C[C@@H]3C[C@H]2CN3)nc2c(Br)cnn12. The minimum absolute atomic E-state index is 0.123. The van der Waals surface area contributed by atoms with Gasteiger partial charge in [-0.15, -0.1) is 23.5 Å². The number of anilines is 15. The summed E-state index contributed by atoms with van der Waals surface area (Å²) < 4.78 is 13.2. The molecule has 0 saturated carbocycles. The van der Waals surface area contributed by atoms with E-state index in [0.717, 1.165) is 227 Å². The molecule has 8 fully saturated rings. The minimum Gasteiger partial charge on any atom is -0.396 e. The van der Waals surface area contributed by atoms with E-state index >= 15 is 0 Å². The summed E-state index contributed by atoms with van der Waals surface area (Å²) in [5.41, 5.74) is 83.3. The van der Waals surface area contributed by atoms with E-state index < -0.39 is 0 Å². The topological polar surface area (TPSA) is 634 Å². The molecule has 14 aromatic heterocycles. The Balaban J connectivity index is 0.000000108.